The molecule has 2 fully saturated rings. The Bertz CT molecular complexity index is 1390. The first kappa shape index (κ1) is 25.7. The zero-order valence-electron chi connectivity index (χ0n) is 21.9. The number of anilines is 3. The summed E-state index contributed by atoms with van der Waals surface area (Å²) in [6, 6.07) is 4.56. The van der Waals surface area contributed by atoms with Crippen molar-refractivity contribution in [3.8, 4) is 0 Å². The summed E-state index contributed by atoms with van der Waals surface area (Å²) in [4.78, 5) is 35.3. The fourth-order valence-electron chi connectivity index (χ4n) is 4.54. The van der Waals surface area contributed by atoms with Crippen molar-refractivity contribution >= 4 is 40.5 Å². The number of carbonyl (C=O) groups is 2. The predicted molar refractivity (Wildman–Crippen MR) is 140 cm³/mol. The van der Waals surface area contributed by atoms with Crippen LogP contribution in [0, 0.1) is 5.82 Å². The third-order valence-electron chi connectivity index (χ3n) is 6.84. The molecule has 11 nitrogen and oxygen atoms in total. The van der Waals surface area contributed by atoms with Crippen molar-refractivity contribution in [1.29, 1.82) is 0 Å². The minimum Gasteiger partial charge on any atom is -0.478 e. The molecule has 0 atom stereocenters. The average molecular weight is 526 g/mol. The van der Waals surface area contributed by atoms with Crippen molar-refractivity contribution in [2.75, 3.05) is 23.3 Å². The molecule has 38 heavy (non-hydrogen) atoms. The van der Waals surface area contributed by atoms with Crippen LogP contribution in [0.2, 0.25) is 0 Å². The molecule has 4 N–H and O–H groups in total. The van der Waals surface area contributed by atoms with E-state index in [2.05, 4.69) is 30.8 Å². The smallest absolute Gasteiger partial charge is 0.408 e. The van der Waals surface area contributed by atoms with Crippen molar-refractivity contribution < 1.29 is 23.8 Å². The van der Waals surface area contributed by atoms with Crippen molar-refractivity contribution in [2.24, 2.45) is 0 Å². The van der Waals surface area contributed by atoms with Gasteiger partial charge >= 0.3 is 12.1 Å². The Labute approximate surface area is 219 Å². The van der Waals surface area contributed by atoms with E-state index in [-0.39, 0.29) is 23.1 Å². The average Bonchev–Trinajstić information content (AvgIpc) is 3.61. The van der Waals surface area contributed by atoms with Crippen LogP contribution in [-0.4, -0.2) is 61.6 Å². The van der Waals surface area contributed by atoms with E-state index in [1.54, 1.807) is 6.07 Å². The number of hydrogen-bond acceptors (Lipinski definition) is 8. The minimum absolute atomic E-state index is 0.00589. The van der Waals surface area contributed by atoms with Gasteiger partial charge in [-0.3, -0.25) is 5.10 Å². The highest BCUT2D eigenvalue weighted by Gasteiger charge is 2.34. The van der Waals surface area contributed by atoms with Crippen LogP contribution >= 0.6 is 0 Å². The maximum atomic E-state index is 15.0. The summed E-state index contributed by atoms with van der Waals surface area (Å²) in [5.41, 5.74) is 0.00748. The SMILES string of the molecule is CC1(NC(=O)OC(C)(C)C)CCN(c2nc(Nc3n[nH]c(C4CC4)c3F)c3cc(C(=O)O)ccc3n2)CC1. The highest BCUT2D eigenvalue weighted by molar-refractivity contribution is 5.98. The van der Waals surface area contributed by atoms with Crippen molar-refractivity contribution in [3.05, 3.63) is 35.3 Å². The number of halogens is 1. The molecular weight excluding hydrogens is 493 g/mol. The molecule has 5 rings (SSSR count). The number of nitrogens with one attached hydrogen (secondary N) is 3. The molecule has 2 aliphatic rings. The molecule has 1 aliphatic carbocycles. The van der Waals surface area contributed by atoms with Crippen LogP contribution in [0.15, 0.2) is 18.2 Å². The third kappa shape index (κ3) is 5.48. The lowest BCUT2D eigenvalue weighted by Crippen LogP contribution is -2.54. The number of benzene rings is 1. The lowest BCUT2D eigenvalue weighted by Gasteiger charge is -2.40. The number of carboxylic acid groups (broad SMARTS) is 1. The molecule has 3 aromatic rings. The number of ether oxygens (including phenoxy) is 1. The molecule has 1 aliphatic heterocycles. The van der Waals surface area contributed by atoms with Crippen LogP contribution in [0.1, 0.15) is 75.3 Å². The van der Waals surface area contributed by atoms with E-state index < -0.39 is 29.0 Å². The second-order valence-electron chi connectivity index (χ2n) is 11.3. The fourth-order valence-corrected chi connectivity index (χ4v) is 4.54. The van der Waals surface area contributed by atoms with E-state index in [1.807, 2.05) is 32.6 Å². The maximum Gasteiger partial charge on any atom is 0.408 e. The molecule has 2 aromatic heterocycles. The van der Waals surface area contributed by atoms with Gasteiger partial charge in [-0.1, -0.05) is 0 Å². The predicted octanol–water partition coefficient (Wildman–Crippen LogP) is 4.69. The van der Waals surface area contributed by atoms with Crippen LogP contribution in [-0.2, 0) is 4.74 Å². The lowest BCUT2D eigenvalue weighted by molar-refractivity contribution is 0.0447. The second-order valence-corrected chi connectivity index (χ2v) is 11.3. The highest BCUT2D eigenvalue weighted by atomic mass is 19.1. The summed E-state index contributed by atoms with van der Waals surface area (Å²) in [6.07, 6.45) is 2.64. The quantitative estimate of drug-likeness (QED) is 0.360. The van der Waals surface area contributed by atoms with Crippen LogP contribution in [0.25, 0.3) is 10.9 Å². The summed E-state index contributed by atoms with van der Waals surface area (Å²) in [6.45, 7) is 8.57. The van der Waals surface area contributed by atoms with Gasteiger partial charge in [0, 0.05) is 29.9 Å². The van der Waals surface area contributed by atoms with Crippen LogP contribution in [0.3, 0.4) is 0 Å². The molecule has 1 amide bonds. The number of piperidine rings is 1. The standard InChI is InChI=1S/C26H32FN7O4/c1-25(2,3)38-24(37)31-26(4)9-11-34(12-10-26)23-28-17-8-7-15(22(35)36)13-16(17)20(30-23)29-21-18(27)19(32-33-21)14-5-6-14/h7-8,13-14H,5-6,9-12H2,1-4H3,(H,31,37)(H,35,36)(H2,28,29,30,32,33). The summed E-state index contributed by atoms with van der Waals surface area (Å²) in [7, 11) is 0. The Balaban J connectivity index is 1.41. The molecule has 0 unspecified atom stereocenters. The Kier molecular flexibility index (Phi) is 6.36. The van der Waals surface area contributed by atoms with Gasteiger partial charge in [0.25, 0.3) is 0 Å². The van der Waals surface area contributed by atoms with Gasteiger partial charge in [0.15, 0.2) is 11.6 Å². The molecule has 202 valence electrons. The van der Waals surface area contributed by atoms with E-state index in [0.717, 1.165) is 12.8 Å². The van der Waals surface area contributed by atoms with Gasteiger partial charge in [-0.2, -0.15) is 10.1 Å². The van der Waals surface area contributed by atoms with Crippen LogP contribution in [0.4, 0.5) is 26.8 Å². The number of alkyl carbamates (subject to hydrolysis) is 1. The number of aromatic amines is 1. The number of aromatic carboxylic acids is 1. The van der Waals surface area contributed by atoms with Crippen molar-refractivity contribution in [2.45, 2.75) is 70.4 Å². The Morgan fingerprint density at radius 3 is 2.53 bits per heavy atom. The number of fused-ring (bicyclic) bond motifs is 1. The molecule has 3 heterocycles. The molecule has 0 radical (unpaired) electrons. The largest absolute Gasteiger partial charge is 0.478 e. The Morgan fingerprint density at radius 1 is 1.18 bits per heavy atom. The number of nitrogens with zero attached hydrogens (tertiary/aromatic N) is 4. The summed E-state index contributed by atoms with van der Waals surface area (Å²) in [5.74, 6) is -0.714. The molecule has 0 bridgehead atoms. The molecule has 1 saturated heterocycles. The lowest BCUT2D eigenvalue weighted by atomic mass is 9.90. The number of carbonyl (C=O) groups excluding carboxylic acids is 1. The summed E-state index contributed by atoms with van der Waals surface area (Å²) < 4.78 is 20.4. The molecule has 12 heteroatoms. The first-order valence-electron chi connectivity index (χ1n) is 12.7. The second kappa shape index (κ2) is 9.41. The number of aromatic nitrogens is 4. The third-order valence-corrected chi connectivity index (χ3v) is 6.84. The zero-order chi connectivity index (χ0) is 27.2. The topological polar surface area (TPSA) is 145 Å². The monoisotopic (exact) mass is 525 g/mol. The fraction of sp³-hybridized carbons (Fsp3) is 0.500. The Morgan fingerprint density at radius 2 is 1.89 bits per heavy atom. The van der Waals surface area contributed by atoms with E-state index in [9.17, 15) is 14.7 Å². The van der Waals surface area contributed by atoms with Gasteiger partial charge in [-0.25, -0.2) is 19.0 Å². The maximum absolute atomic E-state index is 15.0. The van der Waals surface area contributed by atoms with E-state index in [1.165, 1.54) is 12.1 Å². The number of H-pyrrole nitrogens is 1. The number of hydrogen-bond donors (Lipinski definition) is 4. The molecular formula is C26H32FN7O4. The van der Waals surface area contributed by atoms with Gasteiger partial charge in [-0.15, -0.1) is 0 Å². The molecule has 1 saturated carbocycles. The van der Waals surface area contributed by atoms with Gasteiger partial charge in [0.05, 0.1) is 16.8 Å². The minimum atomic E-state index is -1.09. The normalized spacial score (nSPS) is 17.3. The van der Waals surface area contributed by atoms with Gasteiger partial charge in [-0.05, 0) is 71.6 Å². The number of rotatable bonds is 6. The van der Waals surface area contributed by atoms with Crippen molar-refractivity contribution in [3.63, 3.8) is 0 Å². The highest BCUT2D eigenvalue weighted by Crippen LogP contribution is 2.42. The number of amides is 1. The van der Waals surface area contributed by atoms with Gasteiger partial charge in [0.2, 0.25) is 5.95 Å². The molecule has 0 spiro atoms. The van der Waals surface area contributed by atoms with E-state index in [0.29, 0.717) is 48.5 Å². The van der Waals surface area contributed by atoms with Crippen LogP contribution < -0.4 is 15.5 Å². The first-order valence-corrected chi connectivity index (χ1v) is 12.7. The summed E-state index contributed by atoms with van der Waals surface area (Å²) >= 11 is 0. The van der Waals surface area contributed by atoms with E-state index in [4.69, 9.17) is 4.74 Å². The van der Waals surface area contributed by atoms with Gasteiger partial charge in [0.1, 0.15) is 11.4 Å². The zero-order valence-corrected chi connectivity index (χ0v) is 21.9. The van der Waals surface area contributed by atoms with Crippen LogP contribution in [0.5, 0.6) is 0 Å². The summed E-state index contributed by atoms with van der Waals surface area (Å²) in [5, 5.41) is 22.7. The van der Waals surface area contributed by atoms with Crippen molar-refractivity contribution in [1.82, 2.24) is 25.5 Å². The first-order chi connectivity index (χ1) is 17.9. The van der Waals surface area contributed by atoms with Gasteiger partial charge < -0.3 is 25.4 Å². The van der Waals surface area contributed by atoms with E-state index >= 15 is 4.39 Å². The number of carboxylic acids is 1. The Hall–Kier alpha value is -3.96. The molecule has 1 aromatic carbocycles.